The fourth-order valence-electron chi connectivity index (χ4n) is 2.35. The van der Waals surface area contributed by atoms with Gasteiger partial charge in [0, 0.05) is 56.4 Å². The second kappa shape index (κ2) is 8.51. The van der Waals surface area contributed by atoms with E-state index >= 15 is 0 Å². The Hall–Kier alpha value is -0.920. The van der Waals surface area contributed by atoms with Gasteiger partial charge in [-0.25, -0.2) is 0 Å². The SMILES string of the molecule is Cl.O=[N+]([O-])c1ccc(Cl)c(CN2CCN(CCO)CC2)c1. The van der Waals surface area contributed by atoms with Crippen molar-refractivity contribution in [2.45, 2.75) is 6.54 Å². The fraction of sp³-hybridized carbons (Fsp3) is 0.538. The molecule has 1 fully saturated rings. The van der Waals surface area contributed by atoms with Gasteiger partial charge < -0.3 is 5.11 Å². The van der Waals surface area contributed by atoms with Crippen LogP contribution < -0.4 is 0 Å². The minimum Gasteiger partial charge on any atom is -0.395 e. The number of hydrogen-bond donors (Lipinski definition) is 1. The Balaban J connectivity index is 0.00000220. The first-order valence-corrected chi connectivity index (χ1v) is 6.96. The van der Waals surface area contributed by atoms with Crippen LogP contribution >= 0.6 is 24.0 Å². The molecule has 0 aliphatic carbocycles. The largest absolute Gasteiger partial charge is 0.395 e. The Morgan fingerprint density at radius 2 is 1.86 bits per heavy atom. The van der Waals surface area contributed by atoms with Crippen molar-refractivity contribution in [2.75, 3.05) is 39.3 Å². The van der Waals surface area contributed by atoms with Gasteiger partial charge in [0.1, 0.15) is 0 Å². The molecule has 118 valence electrons. The molecular formula is C13H19Cl2N3O3. The maximum absolute atomic E-state index is 10.8. The highest BCUT2D eigenvalue weighted by atomic mass is 35.5. The van der Waals surface area contributed by atoms with Crippen LogP contribution in [0.3, 0.4) is 0 Å². The number of non-ortho nitro benzene ring substituents is 1. The van der Waals surface area contributed by atoms with Crippen LogP contribution in [0.1, 0.15) is 5.56 Å². The summed E-state index contributed by atoms with van der Waals surface area (Å²) in [5.74, 6) is 0. The van der Waals surface area contributed by atoms with Gasteiger partial charge in [-0.15, -0.1) is 12.4 Å². The molecule has 1 saturated heterocycles. The molecule has 0 radical (unpaired) electrons. The zero-order valence-corrected chi connectivity index (χ0v) is 13.1. The fourth-order valence-corrected chi connectivity index (χ4v) is 2.53. The maximum Gasteiger partial charge on any atom is 0.269 e. The number of β-amino-alcohol motifs (C(OH)–C–C–N with tert-alkyl or cyclic N) is 1. The molecule has 1 aliphatic rings. The van der Waals surface area contributed by atoms with Gasteiger partial charge in [-0.3, -0.25) is 19.9 Å². The first-order chi connectivity index (χ1) is 9.60. The van der Waals surface area contributed by atoms with Crippen LogP contribution in [0.15, 0.2) is 18.2 Å². The third-order valence-electron chi connectivity index (χ3n) is 3.52. The van der Waals surface area contributed by atoms with Crippen LogP contribution in [-0.4, -0.2) is 59.2 Å². The number of rotatable bonds is 5. The number of nitrogens with zero attached hydrogens (tertiary/aromatic N) is 3. The van der Waals surface area contributed by atoms with Gasteiger partial charge in [0.15, 0.2) is 0 Å². The highest BCUT2D eigenvalue weighted by molar-refractivity contribution is 6.31. The van der Waals surface area contributed by atoms with E-state index < -0.39 is 4.92 Å². The number of nitro benzene ring substituents is 1. The van der Waals surface area contributed by atoms with Crippen LogP contribution in [0.25, 0.3) is 0 Å². The van der Waals surface area contributed by atoms with Gasteiger partial charge in [-0.1, -0.05) is 11.6 Å². The topological polar surface area (TPSA) is 69.9 Å². The molecule has 8 heteroatoms. The third kappa shape index (κ3) is 5.09. The standard InChI is InChI=1S/C13H18ClN3O3.ClH/c14-13-2-1-12(17(19)20)9-11(13)10-16-5-3-15(4-6-16)7-8-18;/h1-2,9,18H,3-8,10H2;1H. The summed E-state index contributed by atoms with van der Waals surface area (Å²) in [5.41, 5.74) is 0.861. The molecule has 1 heterocycles. The Bertz CT molecular complexity index is 480. The molecular weight excluding hydrogens is 317 g/mol. The van der Waals surface area contributed by atoms with Crippen molar-refractivity contribution in [3.8, 4) is 0 Å². The van der Waals surface area contributed by atoms with E-state index in [1.807, 2.05) is 0 Å². The molecule has 6 nitrogen and oxygen atoms in total. The van der Waals surface area contributed by atoms with Crippen LogP contribution in [-0.2, 0) is 6.54 Å². The summed E-state index contributed by atoms with van der Waals surface area (Å²) in [6.45, 7) is 5.04. The van der Waals surface area contributed by atoms with E-state index in [1.165, 1.54) is 6.07 Å². The molecule has 0 amide bonds. The monoisotopic (exact) mass is 335 g/mol. The van der Waals surface area contributed by atoms with Gasteiger partial charge in [-0.2, -0.15) is 0 Å². The average Bonchev–Trinajstić information content (AvgIpc) is 2.43. The first-order valence-electron chi connectivity index (χ1n) is 6.58. The van der Waals surface area contributed by atoms with E-state index in [1.54, 1.807) is 12.1 Å². The number of aliphatic hydroxyl groups is 1. The van der Waals surface area contributed by atoms with E-state index in [0.717, 1.165) is 31.7 Å². The zero-order valence-electron chi connectivity index (χ0n) is 11.6. The summed E-state index contributed by atoms with van der Waals surface area (Å²) in [6.07, 6.45) is 0. The van der Waals surface area contributed by atoms with Crippen molar-refractivity contribution >= 4 is 29.7 Å². The molecule has 0 unspecified atom stereocenters. The maximum atomic E-state index is 10.8. The molecule has 1 aromatic carbocycles. The van der Waals surface area contributed by atoms with Gasteiger partial charge in [0.2, 0.25) is 0 Å². The predicted molar refractivity (Wildman–Crippen MR) is 84.2 cm³/mol. The molecule has 0 saturated carbocycles. The number of hydrogen-bond acceptors (Lipinski definition) is 5. The molecule has 21 heavy (non-hydrogen) atoms. The Kier molecular flexibility index (Phi) is 7.34. The van der Waals surface area contributed by atoms with Gasteiger partial charge >= 0.3 is 0 Å². The molecule has 2 rings (SSSR count). The minimum atomic E-state index is -0.404. The Labute approximate surface area is 134 Å². The quantitative estimate of drug-likeness (QED) is 0.656. The zero-order chi connectivity index (χ0) is 14.5. The highest BCUT2D eigenvalue weighted by Crippen LogP contribution is 2.23. The lowest BCUT2D eigenvalue weighted by atomic mass is 10.1. The second-order valence-electron chi connectivity index (χ2n) is 4.87. The summed E-state index contributed by atoms with van der Waals surface area (Å²) in [5, 5.41) is 20.3. The normalized spacial score (nSPS) is 16.5. The van der Waals surface area contributed by atoms with Gasteiger partial charge in [0.25, 0.3) is 5.69 Å². The molecule has 1 N–H and O–H groups in total. The van der Waals surface area contributed by atoms with E-state index in [9.17, 15) is 10.1 Å². The van der Waals surface area contributed by atoms with Crippen molar-refractivity contribution in [2.24, 2.45) is 0 Å². The minimum absolute atomic E-state index is 0. The van der Waals surface area contributed by atoms with Crippen molar-refractivity contribution in [1.29, 1.82) is 0 Å². The summed E-state index contributed by atoms with van der Waals surface area (Å²) in [7, 11) is 0. The van der Waals surface area contributed by atoms with Crippen LogP contribution in [0.5, 0.6) is 0 Å². The molecule has 0 bridgehead atoms. The Morgan fingerprint density at radius 1 is 1.24 bits per heavy atom. The van der Waals surface area contributed by atoms with Crippen molar-refractivity contribution in [3.63, 3.8) is 0 Å². The molecule has 1 aromatic rings. The molecule has 0 atom stereocenters. The smallest absolute Gasteiger partial charge is 0.269 e. The van der Waals surface area contributed by atoms with Crippen molar-refractivity contribution in [1.82, 2.24) is 9.80 Å². The number of piperazine rings is 1. The lowest BCUT2D eigenvalue weighted by molar-refractivity contribution is -0.384. The third-order valence-corrected chi connectivity index (χ3v) is 3.88. The average molecular weight is 336 g/mol. The van der Waals surface area contributed by atoms with Crippen molar-refractivity contribution < 1.29 is 10.0 Å². The summed E-state index contributed by atoms with van der Waals surface area (Å²) in [6, 6.07) is 4.55. The molecule has 0 spiro atoms. The molecule has 0 aromatic heterocycles. The Morgan fingerprint density at radius 3 is 2.43 bits per heavy atom. The first kappa shape index (κ1) is 18.1. The number of aliphatic hydroxyl groups excluding tert-OH is 1. The second-order valence-corrected chi connectivity index (χ2v) is 5.28. The van der Waals surface area contributed by atoms with Crippen LogP contribution in [0, 0.1) is 10.1 Å². The number of halogens is 2. The van der Waals surface area contributed by atoms with Crippen molar-refractivity contribution in [3.05, 3.63) is 38.9 Å². The van der Waals surface area contributed by atoms with E-state index in [2.05, 4.69) is 9.80 Å². The van der Waals surface area contributed by atoms with E-state index in [4.69, 9.17) is 16.7 Å². The van der Waals surface area contributed by atoms with E-state index in [0.29, 0.717) is 18.1 Å². The summed E-state index contributed by atoms with van der Waals surface area (Å²) < 4.78 is 0. The van der Waals surface area contributed by atoms with Crippen LogP contribution in [0.4, 0.5) is 5.69 Å². The van der Waals surface area contributed by atoms with Crippen LogP contribution in [0.2, 0.25) is 5.02 Å². The lowest BCUT2D eigenvalue weighted by Crippen LogP contribution is -2.46. The summed E-state index contributed by atoms with van der Waals surface area (Å²) in [4.78, 5) is 14.8. The number of nitro groups is 1. The molecule has 1 aliphatic heterocycles. The van der Waals surface area contributed by atoms with E-state index in [-0.39, 0.29) is 24.7 Å². The predicted octanol–water partition coefficient (Wildman–Crippen LogP) is 1.78. The lowest BCUT2D eigenvalue weighted by Gasteiger charge is -2.34. The number of benzene rings is 1. The summed E-state index contributed by atoms with van der Waals surface area (Å²) >= 11 is 6.11. The van der Waals surface area contributed by atoms with Gasteiger partial charge in [-0.05, 0) is 11.6 Å². The highest BCUT2D eigenvalue weighted by Gasteiger charge is 2.18. The van der Waals surface area contributed by atoms with Gasteiger partial charge in [0.05, 0.1) is 11.5 Å².